The summed E-state index contributed by atoms with van der Waals surface area (Å²) in [6.45, 7) is 0. The summed E-state index contributed by atoms with van der Waals surface area (Å²) in [5, 5.41) is -0.0524. The average molecular weight is 573 g/mol. The second kappa shape index (κ2) is 14.4. The third kappa shape index (κ3) is 7.50. The highest BCUT2D eigenvalue weighted by Crippen LogP contribution is 2.46. The van der Waals surface area contributed by atoms with Gasteiger partial charge in [0, 0.05) is 23.4 Å². The molecule has 0 bridgehead atoms. The van der Waals surface area contributed by atoms with Gasteiger partial charge in [0.15, 0.2) is 0 Å². The molecule has 4 aromatic rings. The minimum Gasteiger partial charge on any atom is -0.497 e. The van der Waals surface area contributed by atoms with E-state index in [0.717, 1.165) is 56.8 Å². The van der Waals surface area contributed by atoms with Gasteiger partial charge in [0.25, 0.3) is 0 Å². The molecule has 1 unspecified atom stereocenters. The van der Waals surface area contributed by atoms with Gasteiger partial charge in [-0.3, -0.25) is 0 Å². The Balaban J connectivity index is 1.82. The third-order valence-electron chi connectivity index (χ3n) is 6.69. The van der Waals surface area contributed by atoms with Gasteiger partial charge in [-0.25, -0.2) is 0 Å². The fourth-order valence-electron chi connectivity index (χ4n) is 4.47. The van der Waals surface area contributed by atoms with Crippen LogP contribution in [0.3, 0.4) is 0 Å². The molecule has 0 spiro atoms. The molecule has 7 heteroatoms. The van der Waals surface area contributed by atoms with Crippen LogP contribution in [0.5, 0.6) is 34.5 Å². The van der Waals surface area contributed by atoms with Crippen LogP contribution in [0.4, 0.5) is 0 Å². The van der Waals surface area contributed by atoms with E-state index in [9.17, 15) is 0 Å². The molecule has 6 nitrogen and oxygen atoms in total. The molecule has 0 saturated heterocycles. The van der Waals surface area contributed by atoms with E-state index in [-0.39, 0.29) is 5.25 Å². The van der Waals surface area contributed by atoms with Crippen molar-refractivity contribution in [2.45, 2.75) is 11.0 Å². The van der Waals surface area contributed by atoms with Crippen molar-refractivity contribution in [2.24, 2.45) is 0 Å². The van der Waals surface area contributed by atoms with Crippen molar-refractivity contribution in [2.75, 3.05) is 42.7 Å². The average Bonchev–Trinajstić information content (AvgIpc) is 3.04. The van der Waals surface area contributed by atoms with Gasteiger partial charge in [0.2, 0.25) is 0 Å². The first-order valence-corrected chi connectivity index (χ1v) is 14.1. The predicted octanol–water partition coefficient (Wildman–Crippen LogP) is 7.93. The second-order valence-corrected chi connectivity index (χ2v) is 10.2. The molecule has 0 fully saturated rings. The third-order valence-corrected chi connectivity index (χ3v) is 8.03. The zero-order valence-electron chi connectivity index (χ0n) is 24.3. The van der Waals surface area contributed by atoms with Crippen LogP contribution in [0.15, 0.2) is 78.9 Å². The normalized spacial score (nSPS) is 11.7. The van der Waals surface area contributed by atoms with Crippen LogP contribution in [0, 0.1) is 0 Å². The number of ether oxygens (including phenoxy) is 6. The largest absolute Gasteiger partial charge is 0.497 e. The molecule has 1 atom stereocenters. The van der Waals surface area contributed by atoms with E-state index in [4.69, 9.17) is 28.4 Å². The summed E-state index contributed by atoms with van der Waals surface area (Å²) in [5.74, 6) is 5.33. The summed E-state index contributed by atoms with van der Waals surface area (Å²) in [7, 11) is 10.00. The molecule has 0 heterocycles. The van der Waals surface area contributed by atoms with E-state index in [1.807, 2.05) is 72.4 Å². The first-order valence-electron chi connectivity index (χ1n) is 13.1. The van der Waals surface area contributed by atoms with Gasteiger partial charge in [-0.1, -0.05) is 36.4 Å². The summed E-state index contributed by atoms with van der Waals surface area (Å²) < 4.78 is 33.4. The molecular formula is C34H36O6S. The fourth-order valence-corrected chi connectivity index (χ4v) is 5.79. The minimum absolute atomic E-state index is 0.0524. The topological polar surface area (TPSA) is 55.4 Å². The van der Waals surface area contributed by atoms with E-state index in [2.05, 4.69) is 30.3 Å². The lowest BCUT2D eigenvalue weighted by Gasteiger charge is -2.24. The van der Waals surface area contributed by atoms with E-state index in [1.54, 1.807) is 42.7 Å². The minimum atomic E-state index is -0.0524. The Hall–Kier alpha value is -4.23. The SMILES string of the molecule is COc1ccc(CSC(c2ccc(OC)cc2)c2c(/C=C/c3cc(OC)cc(OC)c3)cc(OC)cc2OC)cc1. The Bertz CT molecular complexity index is 1430. The number of rotatable bonds is 13. The first kappa shape index (κ1) is 29.7. The van der Waals surface area contributed by atoms with Crippen molar-refractivity contribution < 1.29 is 28.4 Å². The molecule has 214 valence electrons. The Labute approximate surface area is 246 Å². The van der Waals surface area contributed by atoms with Crippen LogP contribution in [0.25, 0.3) is 12.2 Å². The molecule has 0 aliphatic rings. The highest BCUT2D eigenvalue weighted by atomic mass is 32.2. The summed E-state index contributed by atoms with van der Waals surface area (Å²) in [5.41, 5.74) is 5.29. The molecule has 0 aromatic heterocycles. The van der Waals surface area contributed by atoms with Gasteiger partial charge < -0.3 is 28.4 Å². The maximum atomic E-state index is 5.97. The Morgan fingerprint density at radius 3 is 1.63 bits per heavy atom. The van der Waals surface area contributed by atoms with Crippen molar-refractivity contribution >= 4 is 23.9 Å². The van der Waals surface area contributed by atoms with Crippen molar-refractivity contribution in [3.63, 3.8) is 0 Å². The fraction of sp³-hybridized carbons (Fsp3) is 0.235. The van der Waals surface area contributed by atoms with Gasteiger partial charge in [-0.05, 0) is 64.7 Å². The number of thioether (sulfide) groups is 1. The summed E-state index contributed by atoms with van der Waals surface area (Å²) in [6.07, 6.45) is 4.13. The number of hydrogen-bond donors (Lipinski definition) is 0. The molecule has 0 radical (unpaired) electrons. The smallest absolute Gasteiger partial charge is 0.127 e. The zero-order valence-corrected chi connectivity index (χ0v) is 25.1. The predicted molar refractivity (Wildman–Crippen MR) is 167 cm³/mol. The molecule has 0 N–H and O–H groups in total. The molecule has 0 saturated carbocycles. The molecular weight excluding hydrogens is 536 g/mol. The summed E-state index contributed by atoms with van der Waals surface area (Å²) >= 11 is 1.82. The Kier molecular flexibility index (Phi) is 10.5. The Morgan fingerprint density at radius 2 is 1.10 bits per heavy atom. The van der Waals surface area contributed by atoms with Crippen LogP contribution in [0.1, 0.15) is 33.1 Å². The van der Waals surface area contributed by atoms with Gasteiger partial charge in [0.05, 0.1) is 47.9 Å². The monoisotopic (exact) mass is 572 g/mol. The zero-order chi connectivity index (χ0) is 29.2. The van der Waals surface area contributed by atoms with Crippen LogP contribution < -0.4 is 28.4 Å². The number of benzene rings is 4. The van der Waals surface area contributed by atoms with Gasteiger partial charge in [-0.2, -0.15) is 0 Å². The number of hydrogen-bond acceptors (Lipinski definition) is 7. The second-order valence-electron chi connectivity index (χ2n) is 9.12. The quantitative estimate of drug-likeness (QED) is 0.151. The van der Waals surface area contributed by atoms with Gasteiger partial charge in [-0.15, -0.1) is 11.8 Å². The van der Waals surface area contributed by atoms with Crippen molar-refractivity contribution in [3.8, 4) is 34.5 Å². The molecule has 0 aliphatic carbocycles. The highest BCUT2D eigenvalue weighted by molar-refractivity contribution is 7.99. The lowest BCUT2D eigenvalue weighted by Crippen LogP contribution is -2.04. The van der Waals surface area contributed by atoms with E-state index >= 15 is 0 Å². The van der Waals surface area contributed by atoms with Crippen molar-refractivity contribution in [3.05, 3.63) is 107 Å². The summed E-state index contributed by atoms with van der Waals surface area (Å²) in [6, 6.07) is 26.1. The molecule has 0 amide bonds. The molecule has 0 aliphatic heterocycles. The summed E-state index contributed by atoms with van der Waals surface area (Å²) in [4.78, 5) is 0. The van der Waals surface area contributed by atoms with Crippen LogP contribution in [-0.4, -0.2) is 42.7 Å². The van der Waals surface area contributed by atoms with E-state index in [0.29, 0.717) is 5.75 Å². The van der Waals surface area contributed by atoms with Crippen molar-refractivity contribution in [1.82, 2.24) is 0 Å². The maximum absolute atomic E-state index is 5.97. The van der Waals surface area contributed by atoms with E-state index < -0.39 is 0 Å². The lowest BCUT2D eigenvalue weighted by atomic mass is 9.96. The first-order chi connectivity index (χ1) is 20.0. The van der Waals surface area contributed by atoms with Crippen LogP contribution >= 0.6 is 11.8 Å². The molecule has 4 aromatic carbocycles. The van der Waals surface area contributed by atoms with Gasteiger partial charge in [0.1, 0.15) is 34.5 Å². The van der Waals surface area contributed by atoms with Crippen molar-refractivity contribution in [1.29, 1.82) is 0 Å². The lowest BCUT2D eigenvalue weighted by molar-refractivity contribution is 0.391. The standard InChI is InChI=1S/C34H36O6S/c1-35-27-13-8-23(9-14-27)22-41-34(25-11-15-28(36-2)16-12-25)33-26(19-31(39-5)21-32(33)40-6)10-7-24-17-29(37-3)20-30(18-24)38-4/h7-21,34H,22H2,1-6H3/b10-7+. The highest BCUT2D eigenvalue weighted by Gasteiger charge is 2.23. The Morgan fingerprint density at radius 1 is 0.561 bits per heavy atom. The van der Waals surface area contributed by atoms with Gasteiger partial charge >= 0.3 is 0 Å². The molecule has 4 rings (SSSR count). The van der Waals surface area contributed by atoms with E-state index in [1.165, 1.54) is 5.56 Å². The molecule has 41 heavy (non-hydrogen) atoms. The van der Waals surface area contributed by atoms with Crippen LogP contribution in [0.2, 0.25) is 0 Å². The van der Waals surface area contributed by atoms with Crippen LogP contribution in [-0.2, 0) is 5.75 Å². The number of methoxy groups -OCH3 is 6. The maximum Gasteiger partial charge on any atom is 0.127 e.